The Balaban J connectivity index is 2.13. The van der Waals surface area contributed by atoms with Crippen LogP contribution >= 0.6 is 23.2 Å². The molecule has 1 amide bonds. The Morgan fingerprint density at radius 3 is 2.52 bits per heavy atom. The van der Waals surface area contributed by atoms with Crippen molar-refractivity contribution < 1.29 is 9.53 Å². The number of rotatable bonds is 5. The molecule has 0 spiro atoms. The first-order chi connectivity index (χ1) is 12.0. The Labute approximate surface area is 155 Å². The van der Waals surface area contributed by atoms with Gasteiger partial charge < -0.3 is 10.1 Å². The Morgan fingerprint density at radius 2 is 1.92 bits per heavy atom. The highest BCUT2D eigenvalue weighted by Gasteiger charge is 2.10. The van der Waals surface area contributed by atoms with Crippen molar-refractivity contribution in [1.82, 2.24) is 0 Å². The van der Waals surface area contributed by atoms with Crippen LogP contribution in [0.25, 0.3) is 6.08 Å². The molecule has 0 saturated carbocycles. The molecule has 0 aliphatic heterocycles. The van der Waals surface area contributed by atoms with Gasteiger partial charge in [0, 0.05) is 5.69 Å². The molecule has 1 N–H and O–H groups in total. The Kier molecular flexibility index (Phi) is 6.48. The van der Waals surface area contributed by atoms with Crippen molar-refractivity contribution in [3.05, 3.63) is 63.6 Å². The zero-order valence-electron chi connectivity index (χ0n) is 12.9. The molecule has 0 bridgehead atoms. The highest BCUT2D eigenvalue weighted by atomic mass is 35.5. The lowest BCUT2D eigenvalue weighted by molar-refractivity contribution is -0.112. The second-order valence-electron chi connectivity index (χ2n) is 4.81. The number of anilines is 1. The second-order valence-corrected chi connectivity index (χ2v) is 5.63. The van der Waals surface area contributed by atoms with Crippen LogP contribution in [0.4, 0.5) is 5.69 Å². The third-order valence-corrected chi connectivity index (χ3v) is 3.79. The molecule has 0 saturated heterocycles. The van der Waals surface area contributed by atoms with Crippen molar-refractivity contribution in [1.29, 1.82) is 5.26 Å². The number of carbonyl (C=O) groups excluding carboxylic acids is 1. The van der Waals surface area contributed by atoms with Gasteiger partial charge in [0.15, 0.2) is 0 Å². The number of hydrogen-bond donors (Lipinski definition) is 1. The number of carbonyl (C=O) groups is 1. The van der Waals surface area contributed by atoms with Crippen molar-refractivity contribution in [3.63, 3.8) is 0 Å². The highest BCUT2D eigenvalue weighted by Crippen LogP contribution is 2.25. The van der Waals surface area contributed by atoms with E-state index in [1.165, 1.54) is 12.1 Å². The summed E-state index contributed by atoms with van der Waals surface area (Å²) >= 11 is 11.7. The number of amides is 1. The molecule has 0 fully saturated rings. The van der Waals surface area contributed by atoms with Gasteiger partial charge in [-0.05, 0) is 42.0 Å². The summed E-state index contributed by atoms with van der Waals surface area (Å²) in [5.74, 6) is 2.43. The third-order valence-electron chi connectivity index (χ3n) is 3.06. The molecule has 0 atom stereocenters. The maximum Gasteiger partial charge on any atom is 0.266 e. The minimum absolute atomic E-state index is 0.0524. The van der Waals surface area contributed by atoms with Crippen LogP contribution in [-0.4, -0.2) is 12.5 Å². The van der Waals surface area contributed by atoms with Crippen LogP contribution < -0.4 is 10.1 Å². The van der Waals surface area contributed by atoms with E-state index in [1.807, 2.05) is 6.07 Å². The molecule has 0 aliphatic carbocycles. The van der Waals surface area contributed by atoms with Gasteiger partial charge in [-0.25, -0.2) is 0 Å². The van der Waals surface area contributed by atoms with Crippen LogP contribution in [0.15, 0.2) is 48.0 Å². The van der Waals surface area contributed by atoms with Crippen molar-refractivity contribution in [2.45, 2.75) is 0 Å². The van der Waals surface area contributed by atoms with E-state index >= 15 is 0 Å². The lowest BCUT2D eigenvalue weighted by Crippen LogP contribution is -2.13. The van der Waals surface area contributed by atoms with Gasteiger partial charge in [0.1, 0.15) is 24.0 Å². The molecule has 25 heavy (non-hydrogen) atoms. The van der Waals surface area contributed by atoms with Crippen LogP contribution in [0.3, 0.4) is 0 Å². The predicted molar refractivity (Wildman–Crippen MR) is 99.5 cm³/mol. The van der Waals surface area contributed by atoms with Gasteiger partial charge in [0.05, 0.1) is 10.0 Å². The average molecular weight is 371 g/mol. The Bertz CT molecular complexity index is 891. The fourth-order valence-electron chi connectivity index (χ4n) is 1.87. The van der Waals surface area contributed by atoms with Gasteiger partial charge in [-0.1, -0.05) is 41.3 Å². The summed E-state index contributed by atoms with van der Waals surface area (Å²) in [6.07, 6.45) is 6.59. The summed E-state index contributed by atoms with van der Waals surface area (Å²) in [4.78, 5) is 12.2. The first-order valence-electron chi connectivity index (χ1n) is 7.08. The van der Waals surface area contributed by atoms with Gasteiger partial charge in [-0.2, -0.15) is 5.26 Å². The molecule has 0 heterocycles. The van der Waals surface area contributed by atoms with Gasteiger partial charge >= 0.3 is 0 Å². The maximum absolute atomic E-state index is 12.2. The molecular weight excluding hydrogens is 359 g/mol. The van der Waals surface area contributed by atoms with Gasteiger partial charge in [-0.15, -0.1) is 6.42 Å². The van der Waals surface area contributed by atoms with Crippen molar-refractivity contribution in [3.8, 4) is 24.2 Å². The van der Waals surface area contributed by atoms with E-state index in [1.54, 1.807) is 36.4 Å². The number of nitrogens with zero attached hydrogens (tertiary/aromatic N) is 1. The second kappa shape index (κ2) is 8.80. The molecule has 0 aliphatic rings. The van der Waals surface area contributed by atoms with E-state index in [0.29, 0.717) is 27.0 Å². The van der Waals surface area contributed by atoms with Crippen LogP contribution in [-0.2, 0) is 4.79 Å². The number of ether oxygens (including phenoxy) is 1. The van der Waals surface area contributed by atoms with Crippen LogP contribution in [0.1, 0.15) is 5.56 Å². The van der Waals surface area contributed by atoms with E-state index in [4.69, 9.17) is 34.4 Å². The summed E-state index contributed by atoms with van der Waals surface area (Å²) in [7, 11) is 0. The van der Waals surface area contributed by atoms with E-state index in [-0.39, 0.29) is 12.2 Å². The number of nitrogens with one attached hydrogen (secondary N) is 1. The largest absolute Gasteiger partial charge is 0.481 e. The lowest BCUT2D eigenvalue weighted by atomic mass is 10.1. The Hall–Kier alpha value is -2.92. The quantitative estimate of drug-likeness (QED) is 0.477. The molecular formula is C19H12Cl2N2O2. The molecule has 0 unspecified atom stereocenters. The summed E-state index contributed by atoms with van der Waals surface area (Å²) in [6, 6.07) is 13.4. The number of terminal acetylenes is 1. The standard InChI is InChI=1S/C19H12Cl2N2O2/c1-2-9-25-16-6-3-13(4-7-16)10-14(12-22)19(24)23-15-5-8-17(20)18(21)11-15/h1,3-8,10-11H,9H2,(H,23,24)/b14-10+. The number of halogens is 2. The monoisotopic (exact) mass is 370 g/mol. The average Bonchev–Trinajstić information content (AvgIpc) is 2.62. The minimum atomic E-state index is -0.548. The van der Waals surface area contributed by atoms with Crippen molar-refractivity contribution in [2.75, 3.05) is 11.9 Å². The number of benzene rings is 2. The fraction of sp³-hybridized carbons (Fsp3) is 0.0526. The SMILES string of the molecule is C#CCOc1ccc(/C=C(\C#N)C(=O)Nc2ccc(Cl)c(Cl)c2)cc1. The molecule has 0 radical (unpaired) electrons. The molecule has 2 aromatic rings. The van der Waals surface area contributed by atoms with Gasteiger partial charge in [-0.3, -0.25) is 4.79 Å². The van der Waals surface area contributed by atoms with E-state index in [2.05, 4.69) is 11.2 Å². The molecule has 2 rings (SSSR count). The summed E-state index contributed by atoms with van der Waals surface area (Å²) in [6.45, 7) is 0.171. The Morgan fingerprint density at radius 1 is 1.20 bits per heavy atom. The van der Waals surface area contributed by atoms with Crippen LogP contribution in [0, 0.1) is 23.7 Å². The molecule has 0 aromatic heterocycles. The zero-order valence-corrected chi connectivity index (χ0v) is 14.4. The lowest BCUT2D eigenvalue weighted by Gasteiger charge is -2.06. The predicted octanol–water partition coefficient (Wildman–Crippen LogP) is 4.55. The summed E-state index contributed by atoms with van der Waals surface area (Å²) < 4.78 is 5.26. The number of hydrogen-bond acceptors (Lipinski definition) is 3. The first-order valence-corrected chi connectivity index (χ1v) is 7.83. The molecule has 6 heteroatoms. The van der Waals surface area contributed by atoms with Crippen LogP contribution in [0.5, 0.6) is 5.75 Å². The van der Waals surface area contributed by atoms with E-state index in [0.717, 1.165) is 0 Å². The van der Waals surface area contributed by atoms with Gasteiger partial charge in [0.25, 0.3) is 5.91 Å². The smallest absolute Gasteiger partial charge is 0.266 e. The highest BCUT2D eigenvalue weighted by molar-refractivity contribution is 6.42. The van der Waals surface area contributed by atoms with Gasteiger partial charge in [0.2, 0.25) is 0 Å². The normalized spacial score (nSPS) is 10.5. The van der Waals surface area contributed by atoms with Crippen LogP contribution in [0.2, 0.25) is 10.0 Å². The molecule has 2 aromatic carbocycles. The molecule has 4 nitrogen and oxygen atoms in total. The zero-order chi connectivity index (χ0) is 18.2. The van der Waals surface area contributed by atoms with E-state index < -0.39 is 5.91 Å². The minimum Gasteiger partial charge on any atom is -0.481 e. The summed E-state index contributed by atoms with van der Waals surface area (Å²) in [5, 5.41) is 12.5. The summed E-state index contributed by atoms with van der Waals surface area (Å²) in [5.41, 5.74) is 1.07. The number of nitriles is 1. The molecule has 124 valence electrons. The first kappa shape index (κ1) is 18.4. The maximum atomic E-state index is 12.2. The fourth-order valence-corrected chi connectivity index (χ4v) is 2.17. The van der Waals surface area contributed by atoms with Crippen molar-refractivity contribution in [2.24, 2.45) is 0 Å². The third kappa shape index (κ3) is 5.29. The van der Waals surface area contributed by atoms with Crippen molar-refractivity contribution >= 4 is 40.9 Å². The van der Waals surface area contributed by atoms with E-state index in [9.17, 15) is 10.1 Å². The topological polar surface area (TPSA) is 62.1 Å².